The fraction of sp³-hybridized carbons (Fsp3) is 0.500. The van der Waals surface area contributed by atoms with E-state index < -0.39 is 10.2 Å². The molecule has 1 aliphatic heterocycles. The summed E-state index contributed by atoms with van der Waals surface area (Å²) >= 11 is 8.15. The number of nitrogens with zero attached hydrogens (tertiary/aromatic N) is 1. The molecule has 0 radical (unpaired) electrons. The van der Waals surface area contributed by atoms with Crippen LogP contribution in [0.4, 0.5) is 5.69 Å². The number of hydrogen-bond acceptors (Lipinski definition) is 3. The Balaban J connectivity index is 2.08. The van der Waals surface area contributed by atoms with E-state index in [9.17, 15) is 8.42 Å². The summed E-state index contributed by atoms with van der Waals surface area (Å²) < 4.78 is 29.4. The molecule has 0 unspecified atom stereocenters. The van der Waals surface area contributed by atoms with Gasteiger partial charge in [-0.05, 0) is 59.5 Å². The second-order valence-corrected chi connectivity index (χ2v) is 8.08. The first-order chi connectivity index (χ1) is 9.42. The lowest BCUT2D eigenvalue weighted by atomic mass is 10.00. The maximum absolute atomic E-state index is 12.3. The Morgan fingerprint density at radius 3 is 2.60 bits per heavy atom. The average molecular weight is 431 g/mol. The van der Waals surface area contributed by atoms with Crippen molar-refractivity contribution in [1.82, 2.24) is 4.31 Å². The first kappa shape index (κ1) is 16.3. The molecule has 112 valence electrons. The molecule has 2 N–H and O–H groups in total. The number of rotatable bonds is 4. The Morgan fingerprint density at radius 1 is 1.40 bits per heavy atom. The van der Waals surface area contributed by atoms with Crippen LogP contribution in [0.1, 0.15) is 12.8 Å². The highest BCUT2D eigenvalue weighted by Gasteiger charge is 2.28. The lowest BCUT2D eigenvalue weighted by Gasteiger charge is -2.30. The van der Waals surface area contributed by atoms with Crippen LogP contribution in [0.15, 0.2) is 18.2 Å². The Hall–Kier alpha value is -0.0900. The molecule has 0 aromatic heterocycles. The van der Waals surface area contributed by atoms with Crippen LogP contribution in [-0.4, -0.2) is 37.5 Å². The zero-order valence-electron chi connectivity index (χ0n) is 10.7. The van der Waals surface area contributed by atoms with Gasteiger partial charge in [-0.2, -0.15) is 12.7 Å². The highest BCUT2D eigenvalue weighted by molar-refractivity contribution is 14.1. The average Bonchev–Trinajstić information content (AvgIpc) is 2.42. The van der Waals surface area contributed by atoms with Crippen molar-refractivity contribution in [3.63, 3.8) is 0 Å². The summed E-state index contributed by atoms with van der Waals surface area (Å²) in [7, 11) is -3.59. The number of aliphatic hydroxyl groups is 1. The van der Waals surface area contributed by atoms with Crippen LogP contribution in [0.3, 0.4) is 0 Å². The first-order valence-electron chi connectivity index (χ1n) is 6.26. The lowest BCUT2D eigenvalue weighted by Crippen LogP contribution is -2.42. The standard InChI is InChI=1S/C12H16ClIN2O3S/c13-11-7-10(14)1-2-12(11)15-20(18,19)16-5-3-9(8-17)4-6-16/h1-2,7,9,15,17H,3-6,8H2. The summed E-state index contributed by atoms with van der Waals surface area (Å²) in [5.74, 6) is 0.198. The number of hydrogen-bond donors (Lipinski definition) is 2. The minimum Gasteiger partial charge on any atom is -0.396 e. The Bertz CT molecular complexity index is 574. The van der Waals surface area contributed by atoms with Crippen molar-refractivity contribution in [2.24, 2.45) is 5.92 Å². The molecule has 1 aliphatic rings. The van der Waals surface area contributed by atoms with Crippen LogP contribution in [0.5, 0.6) is 0 Å². The van der Waals surface area contributed by atoms with Crippen LogP contribution in [0, 0.1) is 9.49 Å². The van der Waals surface area contributed by atoms with Crippen molar-refractivity contribution in [1.29, 1.82) is 0 Å². The predicted molar refractivity (Wildman–Crippen MR) is 88.1 cm³/mol. The summed E-state index contributed by atoms with van der Waals surface area (Å²) in [6.07, 6.45) is 1.36. The normalized spacial score (nSPS) is 18.1. The van der Waals surface area contributed by atoms with Gasteiger partial charge in [0.05, 0.1) is 10.7 Å². The quantitative estimate of drug-likeness (QED) is 0.720. The minimum absolute atomic E-state index is 0.115. The van der Waals surface area contributed by atoms with E-state index in [4.69, 9.17) is 16.7 Å². The second kappa shape index (κ2) is 6.78. The van der Waals surface area contributed by atoms with Gasteiger partial charge >= 0.3 is 10.2 Å². The monoisotopic (exact) mass is 430 g/mol. The van der Waals surface area contributed by atoms with Crippen molar-refractivity contribution in [3.05, 3.63) is 26.8 Å². The van der Waals surface area contributed by atoms with Crippen molar-refractivity contribution in [2.45, 2.75) is 12.8 Å². The third kappa shape index (κ3) is 3.97. The van der Waals surface area contributed by atoms with Gasteiger partial charge in [0.2, 0.25) is 0 Å². The number of benzene rings is 1. The summed E-state index contributed by atoms with van der Waals surface area (Å²) in [6, 6.07) is 5.16. The van der Waals surface area contributed by atoms with Crippen LogP contribution < -0.4 is 4.72 Å². The number of anilines is 1. The van der Waals surface area contributed by atoms with E-state index in [1.807, 2.05) is 0 Å². The molecule has 0 saturated carbocycles. The highest BCUT2D eigenvalue weighted by Crippen LogP contribution is 2.26. The van der Waals surface area contributed by atoms with Crippen molar-refractivity contribution >= 4 is 50.1 Å². The zero-order chi connectivity index (χ0) is 14.8. The van der Waals surface area contributed by atoms with Gasteiger partial charge in [0, 0.05) is 23.3 Å². The van der Waals surface area contributed by atoms with Crippen molar-refractivity contribution < 1.29 is 13.5 Å². The van der Waals surface area contributed by atoms with E-state index >= 15 is 0 Å². The largest absolute Gasteiger partial charge is 0.396 e. The van der Waals surface area contributed by atoms with Gasteiger partial charge in [-0.15, -0.1) is 0 Å². The van der Waals surface area contributed by atoms with Crippen molar-refractivity contribution in [3.8, 4) is 0 Å². The molecular formula is C12H16ClIN2O3S. The molecule has 0 aliphatic carbocycles. The van der Waals surface area contributed by atoms with Crippen LogP contribution in [0.25, 0.3) is 0 Å². The molecule has 2 rings (SSSR count). The minimum atomic E-state index is -3.59. The maximum Gasteiger partial charge on any atom is 0.301 e. The molecule has 0 spiro atoms. The molecule has 1 aromatic rings. The van der Waals surface area contributed by atoms with E-state index in [1.165, 1.54) is 4.31 Å². The van der Waals surface area contributed by atoms with E-state index in [0.29, 0.717) is 36.6 Å². The van der Waals surface area contributed by atoms with Crippen LogP contribution in [-0.2, 0) is 10.2 Å². The third-order valence-corrected chi connectivity index (χ3v) is 5.85. The van der Waals surface area contributed by atoms with Crippen LogP contribution in [0.2, 0.25) is 5.02 Å². The lowest BCUT2D eigenvalue weighted by molar-refractivity contribution is 0.170. The van der Waals surface area contributed by atoms with E-state index in [2.05, 4.69) is 27.3 Å². The molecule has 1 fully saturated rings. The van der Waals surface area contributed by atoms with Gasteiger partial charge in [0.1, 0.15) is 0 Å². The molecule has 1 heterocycles. The summed E-state index contributed by atoms with van der Waals surface area (Å²) in [4.78, 5) is 0. The zero-order valence-corrected chi connectivity index (χ0v) is 14.4. The summed E-state index contributed by atoms with van der Waals surface area (Å²) in [5.41, 5.74) is 0.386. The molecule has 0 atom stereocenters. The predicted octanol–water partition coefficient (Wildman–Crippen LogP) is 2.31. The van der Waals surface area contributed by atoms with Gasteiger partial charge in [-0.25, -0.2) is 0 Å². The number of piperidine rings is 1. The smallest absolute Gasteiger partial charge is 0.301 e. The number of aliphatic hydroxyl groups excluding tert-OH is 1. The van der Waals surface area contributed by atoms with Gasteiger partial charge in [-0.1, -0.05) is 11.6 Å². The third-order valence-electron chi connectivity index (χ3n) is 3.34. The summed E-state index contributed by atoms with van der Waals surface area (Å²) in [5, 5.41) is 9.46. The second-order valence-electron chi connectivity index (χ2n) is 4.76. The molecule has 20 heavy (non-hydrogen) atoms. The molecular weight excluding hydrogens is 415 g/mol. The van der Waals surface area contributed by atoms with Gasteiger partial charge in [-0.3, -0.25) is 4.72 Å². The molecule has 1 aromatic carbocycles. The SMILES string of the molecule is O=S(=O)(Nc1ccc(I)cc1Cl)N1CCC(CO)CC1. The molecule has 8 heteroatoms. The van der Waals surface area contributed by atoms with E-state index in [0.717, 1.165) is 3.57 Å². The van der Waals surface area contributed by atoms with E-state index in [-0.39, 0.29) is 12.5 Å². The van der Waals surface area contributed by atoms with Gasteiger partial charge in [0.25, 0.3) is 0 Å². The number of halogens is 2. The first-order valence-corrected chi connectivity index (χ1v) is 9.16. The Kier molecular flexibility index (Phi) is 5.52. The fourth-order valence-corrected chi connectivity index (χ4v) is 4.34. The molecule has 0 bridgehead atoms. The van der Waals surface area contributed by atoms with E-state index in [1.54, 1.807) is 18.2 Å². The fourth-order valence-electron chi connectivity index (χ4n) is 2.11. The maximum atomic E-state index is 12.3. The topological polar surface area (TPSA) is 69.6 Å². The molecule has 5 nitrogen and oxygen atoms in total. The number of nitrogens with one attached hydrogen (secondary N) is 1. The Labute approximate surface area is 137 Å². The van der Waals surface area contributed by atoms with Gasteiger partial charge in [0.15, 0.2) is 0 Å². The van der Waals surface area contributed by atoms with Gasteiger partial charge < -0.3 is 5.11 Å². The Morgan fingerprint density at radius 2 is 2.05 bits per heavy atom. The molecule has 1 saturated heterocycles. The molecule has 0 amide bonds. The van der Waals surface area contributed by atoms with Crippen molar-refractivity contribution in [2.75, 3.05) is 24.4 Å². The highest BCUT2D eigenvalue weighted by atomic mass is 127. The summed E-state index contributed by atoms with van der Waals surface area (Å²) in [6.45, 7) is 0.954. The van der Waals surface area contributed by atoms with Crippen LogP contribution >= 0.6 is 34.2 Å².